The molecule has 2 atom stereocenters. The average Bonchev–Trinajstić information content (AvgIpc) is 3.24. The third-order valence-electron chi connectivity index (χ3n) is 7.99. The zero-order valence-corrected chi connectivity index (χ0v) is 25.6. The van der Waals surface area contributed by atoms with Gasteiger partial charge in [0, 0.05) is 6.04 Å². The van der Waals surface area contributed by atoms with E-state index in [4.69, 9.17) is 14.5 Å². The molecule has 3 aromatic rings. The monoisotopic (exact) mass is 568 g/mol. The molecule has 0 radical (unpaired) electrons. The maximum atomic E-state index is 13.9. The highest BCUT2D eigenvalue weighted by Crippen LogP contribution is 2.41. The van der Waals surface area contributed by atoms with E-state index in [2.05, 4.69) is 39.8 Å². The highest BCUT2D eigenvalue weighted by molar-refractivity contribution is 8.18. The molecule has 6 heteroatoms. The van der Waals surface area contributed by atoms with Gasteiger partial charge in [0.2, 0.25) is 0 Å². The lowest BCUT2D eigenvalue weighted by Crippen LogP contribution is -2.44. The lowest BCUT2D eigenvalue weighted by atomic mass is 9.85. The van der Waals surface area contributed by atoms with Gasteiger partial charge in [-0.05, 0) is 111 Å². The minimum Gasteiger partial charge on any atom is -0.490 e. The first-order valence-electron chi connectivity index (χ1n) is 14.7. The van der Waals surface area contributed by atoms with Gasteiger partial charge < -0.3 is 9.47 Å². The number of aliphatic imine (C=N–C) groups is 1. The van der Waals surface area contributed by atoms with Crippen LogP contribution in [0.3, 0.4) is 0 Å². The van der Waals surface area contributed by atoms with Crippen LogP contribution in [-0.2, 0) is 11.4 Å². The van der Waals surface area contributed by atoms with Crippen LogP contribution in [0.2, 0.25) is 0 Å². The zero-order valence-electron chi connectivity index (χ0n) is 24.8. The molecule has 5 nitrogen and oxygen atoms in total. The van der Waals surface area contributed by atoms with Gasteiger partial charge in [-0.1, -0.05) is 61.7 Å². The summed E-state index contributed by atoms with van der Waals surface area (Å²) in [5.41, 5.74) is 6.66. The lowest BCUT2D eigenvalue weighted by molar-refractivity contribution is -0.124. The number of aryl methyl sites for hydroxylation is 3. The molecule has 2 aliphatic rings. The number of benzene rings is 3. The molecule has 214 valence electrons. The Morgan fingerprint density at radius 3 is 2.39 bits per heavy atom. The van der Waals surface area contributed by atoms with Crippen molar-refractivity contribution in [1.29, 1.82) is 0 Å². The predicted molar refractivity (Wildman–Crippen MR) is 170 cm³/mol. The summed E-state index contributed by atoms with van der Waals surface area (Å²) >= 11 is 1.46. The van der Waals surface area contributed by atoms with E-state index < -0.39 is 0 Å². The molecule has 0 N–H and O–H groups in total. The SMILES string of the molecule is CCOc1cc(/C=C2\SC(=Nc3ccccc3)N([C@H]3CCCC[C@H]3C)C2=O)ccc1OCc1c(C)cc(C)cc1C. The molecule has 1 saturated heterocycles. The number of nitrogens with zero attached hydrogens (tertiary/aromatic N) is 2. The van der Waals surface area contributed by atoms with Gasteiger partial charge >= 0.3 is 0 Å². The van der Waals surface area contributed by atoms with Gasteiger partial charge in [-0.15, -0.1) is 0 Å². The van der Waals surface area contributed by atoms with Gasteiger partial charge in [-0.3, -0.25) is 9.69 Å². The largest absolute Gasteiger partial charge is 0.490 e. The van der Waals surface area contributed by atoms with Crippen molar-refractivity contribution in [3.05, 3.63) is 93.4 Å². The highest BCUT2D eigenvalue weighted by Gasteiger charge is 2.41. The summed E-state index contributed by atoms with van der Waals surface area (Å²) in [7, 11) is 0. The Morgan fingerprint density at radius 2 is 1.68 bits per heavy atom. The van der Waals surface area contributed by atoms with Gasteiger partial charge in [0.15, 0.2) is 16.7 Å². The lowest BCUT2D eigenvalue weighted by Gasteiger charge is -2.35. The van der Waals surface area contributed by atoms with Gasteiger partial charge in [0.25, 0.3) is 5.91 Å². The van der Waals surface area contributed by atoms with Crippen LogP contribution >= 0.6 is 11.8 Å². The Labute approximate surface area is 248 Å². The summed E-state index contributed by atoms with van der Waals surface area (Å²) in [5.74, 6) is 1.85. The Kier molecular flexibility index (Phi) is 9.19. The Balaban J connectivity index is 1.43. The van der Waals surface area contributed by atoms with E-state index in [1.54, 1.807) is 0 Å². The van der Waals surface area contributed by atoms with Crippen molar-refractivity contribution < 1.29 is 14.3 Å². The molecule has 41 heavy (non-hydrogen) atoms. The first-order valence-corrected chi connectivity index (χ1v) is 15.5. The number of amides is 1. The smallest absolute Gasteiger partial charge is 0.267 e. The average molecular weight is 569 g/mol. The summed E-state index contributed by atoms with van der Waals surface area (Å²) in [6, 6.07) is 20.3. The predicted octanol–water partition coefficient (Wildman–Crippen LogP) is 8.77. The molecule has 3 aromatic carbocycles. The molecule has 1 aliphatic heterocycles. The standard InChI is InChI=1S/C35H40N2O3S/c1-6-39-32-20-27(16-17-31(32)40-22-29-25(4)18-23(2)19-26(29)5)21-33-34(38)37(30-15-11-10-12-24(30)3)35(41-33)36-28-13-8-7-9-14-28/h7-9,13-14,16-21,24,30H,6,10-12,15,22H2,1-5H3/b33-21-,36-35?/t24-,30+/m1/s1. The third kappa shape index (κ3) is 6.70. The molecule has 0 aromatic heterocycles. The number of para-hydroxylation sites is 1. The molecule has 1 heterocycles. The van der Waals surface area contributed by atoms with Crippen molar-refractivity contribution in [3.8, 4) is 11.5 Å². The minimum absolute atomic E-state index is 0.0343. The van der Waals surface area contributed by atoms with Gasteiger partial charge in [-0.2, -0.15) is 0 Å². The van der Waals surface area contributed by atoms with E-state index in [1.165, 1.54) is 40.4 Å². The normalized spacial score (nSPS) is 21.1. The van der Waals surface area contributed by atoms with Crippen LogP contribution in [0.1, 0.15) is 67.3 Å². The minimum atomic E-state index is 0.0343. The Bertz CT molecular complexity index is 1440. The number of amidine groups is 1. The van der Waals surface area contributed by atoms with Crippen LogP contribution in [-0.4, -0.2) is 28.6 Å². The van der Waals surface area contributed by atoms with E-state index in [0.717, 1.165) is 35.7 Å². The van der Waals surface area contributed by atoms with Gasteiger partial charge in [0.1, 0.15) is 6.61 Å². The summed E-state index contributed by atoms with van der Waals surface area (Å²) in [6.45, 7) is 11.6. The van der Waals surface area contributed by atoms with Crippen LogP contribution in [0.25, 0.3) is 6.08 Å². The number of hydrogen-bond donors (Lipinski definition) is 0. The summed E-state index contributed by atoms with van der Waals surface area (Å²) < 4.78 is 12.3. The second kappa shape index (κ2) is 13.0. The number of carbonyl (C=O) groups excluding carboxylic acids is 1. The first kappa shape index (κ1) is 29.0. The molecule has 1 amide bonds. The summed E-state index contributed by atoms with van der Waals surface area (Å²) in [4.78, 5) is 21.4. The van der Waals surface area contributed by atoms with E-state index >= 15 is 0 Å². The van der Waals surface area contributed by atoms with Gasteiger partial charge in [-0.25, -0.2) is 4.99 Å². The van der Waals surface area contributed by atoms with Crippen LogP contribution in [0.5, 0.6) is 11.5 Å². The molecule has 2 fully saturated rings. The molecular formula is C35H40N2O3S. The fourth-order valence-corrected chi connectivity index (χ4v) is 6.94. The maximum Gasteiger partial charge on any atom is 0.267 e. The molecule has 0 unspecified atom stereocenters. The van der Waals surface area contributed by atoms with Crippen LogP contribution in [0.15, 0.2) is 70.6 Å². The summed E-state index contributed by atoms with van der Waals surface area (Å²) in [6.07, 6.45) is 6.47. The molecule has 0 bridgehead atoms. The van der Waals surface area contributed by atoms with Crippen molar-refractivity contribution in [2.45, 2.75) is 73.0 Å². The number of ether oxygens (including phenoxy) is 2. The number of carbonyl (C=O) groups is 1. The molecule has 0 spiro atoms. The van der Waals surface area contributed by atoms with Crippen LogP contribution in [0.4, 0.5) is 5.69 Å². The highest BCUT2D eigenvalue weighted by atomic mass is 32.2. The van der Waals surface area contributed by atoms with E-state index in [9.17, 15) is 4.79 Å². The third-order valence-corrected chi connectivity index (χ3v) is 8.98. The fourth-order valence-electron chi connectivity index (χ4n) is 5.89. The van der Waals surface area contributed by atoms with Crippen molar-refractivity contribution in [3.63, 3.8) is 0 Å². The quantitative estimate of drug-likeness (QED) is 0.255. The second-order valence-electron chi connectivity index (χ2n) is 11.1. The molecule has 5 rings (SSSR count). The van der Waals surface area contributed by atoms with E-state index in [1.807, 2.05) is 66.4 Å². The number of rotatable bonds is 8. The van der Waals surface area contributed by atoms with E-state index in [0.29, 0.717) is 35.5 Å². The van der Waals surface area contributed by atoms with E-state index in [-0.39, 0.29) is 11.9 Å². The Morgan fingerprint density at radius 1 is 0.951 bits per heavy atom. The van der Waals surface area contributed by atoms with Crippen molar-refractivity contribution in [2.75, 3.05) is 6.61 Å². The van der Waals surface area contributed by atoms with Gasteiger partial charge in [0.05, 0.1) is 17.2 Å². The van der Waals surface area contributed by atoms with Crippen molar-refractivity contribution in [1.82, 2.24) is 4.90 Å². The second-order valence-corrected chi connectivity index (χ2v) is 12.2. The number of thioether (sulfide) groups is 1. The first-order chi connectivity index (χ1) is 19.8. The summed E-state index contributed by atoms with van der Waals surface area (Å²) in [5, 5.41) is 0.764. The zero-order chi connectivity index (χ0) is 28.9. The molecule has 1 saturated carbocycles. The molecule has 1 aliphatic carbocycles. The Hall–Kier alpha value is -3.51. The fraction of sp³-hybridized carbons (Fsp3) is 0.371. The van der Waals surface area contributed by atoms with Crippen molar-refractivity contribution in [2.24, 2.45) is 10.9 Å². The molecular weight excluding hydrogens is 528 g/mol. The number of hydrogen-bond acceptors (Lipinski definition) is 5. The topological polar surface area (TPSA) is 51.1 Å². The van der Waals surface area contributed by atoms with Crippen LogP contribution in [0, 0.1) is 26.7 Å². The maximum absolute atomic E-state index is 13.9. The van der Waals surface area contributed by atoms with Crippen LogP contribution < -0.4 is 9.47 Å². The van der Waals surface area contributed by atoms with Crippen molar-refractivity contribution >= 4 is 34.6 Å².